The first kappa shape index (κ1) is 16.0. The van der Waals surface area contributed by atoms with Gasteiger partial charge in [0.2, 0.25) is 0 Å². The molecule has 2 N–H and O–H groups in total. The molecule has 1 atom stereocenters. The first-order chi connectivity index (χ1) is 11.6. The van der Waals surface area contributed by atoms with E-state index in [0.717, 1.165) is 17.7 Å². The molecule has 6 heteroatoms. The number of rotatable bonds is 4. The minimum absolute atomic E-state index is 0.102. The summed E-state index contributed by atoms with van der Waals surface area (Å²) in [5, 5.41) is 11.9. The summed E-state index contributed by atoms with van der Waals surface area (Å²) < 4.78 is 5.62. The van der Waals surface area contributed by atoms with E-state index in [1.54, 1.807) is 6.92 Å². The Morgan fingerprint density at radius 3 is 2.83 bits per heavy atom. The molecule has 3 rings (SSSR count). The summed E-state index contributed by atoms with van der Waals surface area (Å²) in [6.07, 6.45) is 0.835. The Kier molecular flexibility index (Phi) is 4.46. The Morgan fingerprint density at radius 1 is 1.29 bits per heavy atom. The molecule has 0 spiro atoms. The number of fused-ring (bicyclic) bond motifs is 1. The molecule has 1 unspecified atom stereocenters. The highest BCUT2D eigenvalue weighted by molar-refractivity contribution is 5.94. The van der Waals surface area contributed by atoms with Crippen LogP contribution in [0.5, 0.6) is 5.75 Å². The predicted molar refractivity (Wildman–Crippen MR) is 87.6 cm³/mol. The van der Waals surface area contributed by atoms with Gasteiger partial charge in [-0.15, -0.1) is 0 Å². The number of para-hydroxylation sites is 1. The van der Waals surface area contributed by atoms with Crippen LogP contribution in [-0.2, 0) is 0 Å². The number of carbonyl (C=O) groups is 2. The van der Waals surface area contributed by atoms with Crippen molar-refractivity contribution in [3.8, 4) is 5.75 Å². The van der Waals surface area contributed by atoms with E-state index >= 15 is 0 Å². The van der Waals surface area contributed by atoms with Gasteiger partial charge < -0.3 is 15.2 Å². The van der Waals surface area contributed by atoms with Gasteiger partial charge in [-0.05, 0) is 37.1 Å². The third kappa shape index (κ3) is 3.22. The van der Waals surface area contributed by atoms with Gasteiger partial charge in [0, 0.05) is 12.5 Å². The van der Waals surface area contributed by atoms with Crippen LogP contribution < -0.4 is 10.1 Å². The fourth-order valence-corrected chi connectivity index (χ4v) is 2.85. The van der Waals surface area contributed by atoms with E-state index in [-0.39, 0.29) is 23.1 Å². The maximum atomic E-state index is 12.3. The highest BCUT2D eigenvalue weighted by atomic mass is 16.5. The van der Waals surface area contributed by atoms with Gasteiger partial charge in [-0.1, -0.05) is 18.2 Å². The van der Waals surface area contributed by atoms with E-state index < -0.39 is 5.97 Å². The lowest BCUT2D eigenvalue weighted by Crippen LogP contribution is -2.31. The van der Waals surface area contributed by atoms with E-state index in [4.69, 9.17) is 9.84 Å². The van der Waals surface area contributed by atoms with Gasteiger partial charge in [0.15, 0.2) is 0 Å². The Labute approximate surface area is 139 Å². The molecule has 0 bridgehead atoms. The van der Waals surface area contributed by atoms with Gasteiger partial charge in [-0.2, -0.15) is 0 Å². The van der Waals surface area contributed by atoms with Crippen LogP contribution in [-0.4, -0.2) is 35.1 Å². The molecule has 0 saturated heterocycles. The maximum Gasteiger partial charge on any atom is 0.337 e. The van der Waals surface area contributed by atoms with Crippen LogP contribution >= 0.6 is 0 Å². The molecule has 1 aliphatic heterocycles. The fourth-order valence-electron chi connectivity index (χ4n) is 2.85. The first-order valence-corrected chi connectivity index (χ1v) is 7.77. The zero-order chi connectivity index (χ0) is 17.1. The topological polar surface area (TPSA) is 88.5 Å². The Balaban J connectivity index is 1.68. The summed E-state index contributed by atoms with van der Waals surface area (Å²) in [6.45, 7) is 2.69. The molecule has 6 nitrogen and oxygen atoms in total. The number of carboxylic acid groups (broad SMARTS) is 1. The largest absolute Gasteiger partial charge is 0.493 e. The number of ether oxygens (including phenoxy) is 1. The number of amides is 1. The Hall–Kier alpha value is -2.89. The van der Waals surface area contributed by atoms with Crippen molar-refractivity contribution in [2.75, 3.05) is 13.2 Å². The number of hydrogen-bond donors (Lipinski definition) is 2. The van der Waals surface area contributed by atoms with Crippen molar-refractivity contribution in [2.24, 2.45) is 0 Å². The van der Waals surface area contributed by atoms with Gasteiger partial charge in [-0.3, -0.25) is 4.79 Å². The molecule has 0 saturated carbocycles. The number of aryl methyl sites for hydroxylation is 1. The molecule has 2 aromatic rings. The van der Waals surface area contributed by atoms with Crippen LogP contribution in [0.2, 0.25) is 0 Å². The van der Waals surface area contributed by atoms with E-state index in [1.807, 2.05) is 24.3 Å². The highest BCUT2D eigenvalue weighted by Gasteiger charge is 2.22. The molecule has 1 amide bonds. The average molecular weight is 326 g/mol. The molecule has 124 valence electrons. The smallest absolute Gasteiger partial charge is 0.337 e. The number of aromatic nitrogens is 1. The normalized spacial score (nSPS) is 16.0. The van der Waals surface area contributed by atoms with Crippen LogP contribution in [0.4, 0.5) is 0 Å². The summed E-state index contributed by atoms with van der Waals surface area (Å²) in [5.41, 5.74) is 1.74. The molecule has 0 radical (unpaired) electrons. The van der Waals surface area contributed by atoms with Crippen LogP contribution in [0, 0.1) is 6.92 Å². The highest BCUT2D eigenvalue weighted by Crippen LogP contribution is 2.32. The lowest BCUT2D eigenvalue weighted by atomic mass is 9.93. The maximum absolute atomic E-state index is 12.3. The second-order valence-electron chi connectivity index (χ2n) is 5.72. The van der Waals surface area contributed by atoms with Crippen molar-refractivity contribution < 1.29 is 19.4 Å². The van der Waals surface area contributed by atoms with Crippen molar-refractivity contribution in [1.29, 1.82) is 0 Å². The number of nitrogens with zero attached hydrogens (tertiary/aromatic N) is 1. The van der Waals surface area contributed by atoms with Crippen molar-refractivity contribution >= 4 is 11.9 Å². The fraction of sp³-hybridized carbons (Fsp3) is 0.278. The van der Waals surface area contributed by atoms with Crippen LogP contribution in [0.1, 0.15) is 44.4 Å². The summed E-state index contributed by atoms with van der Waals surface area (Å²) in [4.78, 5) is 27.4. The number of hydrogen-bond acceptors (Lipinski definition) is 4. The lowest BCUT2D eigenvalue weighted by molar-refractivity contribution is 0.0694. The van der Waals surface area contributed by atoms with Crippen molar-refractivity contribution in [2.45, 2.75) is 19.3 Å². The minimum Gasteiger partial charge on any atom is -0.493 e. The van der Waals surface area contributed by atoms with Crippen molar-refractivity contribution in [1.82, 2.24) is 10.3 Å². The van der Waals surface area contributed by atoms with Gasteiger partial charge in [-0.25, -0.2) is 9.78 Å². The third-order valence-corrected chi connectivity index (χ3v) is 4.14. The number of carbonyl (C=O) groups excluding carboxylic acids is 1. The Morgan fingerprint density at radius 2 is 2.08 bits per heavy atom. The molecule has 1 aromatic heterocycles. The number of aromatic carboxylic acids is 1. The minimum atomic E-state index is -1.05. The number of benzene rings is 1. The second kappa shape index (κ2) is 6.70. The molecule has 2 heterocycles. The molecule has 0 aliphatic carbocycles. The first-order valence-electron chi connectivity index (χ1n) is 7.77. The Bertz CT molecular complexity index is 788. The molecular weight excluding hydrogens is 308 g/mol. The molecule has 0 fully saturated rings. The quantitative estimate of drug-likeness (QED) is 0.900. The number of pyridine rings is 1. The zero-order valence-corrected chi connectivity index (χ0v) is 13.3. The monoisotopic (exact) mass is 326 g/mol. The van der Waals surface area contributed by atoms with E-state index in [0.29, 0.717) is 18.8 Å². The van der Waals surface area contributed by atoms with E-state index in [1.165, 1.54) is 12.1 Å². The average Bonchev–Trinajstić information content (AvgIpc) is 2.59. The summed E-state index contributed by atoms with van der Waals surface area (Å²) >= 11 is 0. The van der Waals surface area contributed by atoms with E-state index in [9.17, 15) is 9.59 Å². The van der Waals surface area contributed by atoms with Crippen molar-refractivity contribution in [3.05, 3.63) is 58.9 Å². The zero-order valence-electron chi connectivity index (χ0n) is 13.3. The van der Waals surface area contributed by atoms with Gasteiger partial charge >= 0.3 is 5.97 Å². The number of carboxylic acids is 1. The summed E-state index contributed by atoms with van der Waals surface area (Å²) in [6, 6.07) is 10.7. The summed E-state index contributed by atoms with van der Waals surface area (Å²) in [5.74, 6) is -0.300. The molecule has 1 aromatic carbocycles. The SMILES string of the molecule is Cc1nc(C(=O)NCC2CCOc3ccccc32)ccc1C(=O)O. The second-order valence-corrected chi connectivity index (χ2v) is 5.72. The third-order valence-electron chi connectivity index (χ3n) is 4.14. The predicted octanol–water partition coefficient (Wildman–Crippen LogP) is 2.38. The van der Waals surface area contributed by atoms with Crippen LogP contribution in [0.15, 0.2) is 36.4 Å². The van der Waals surface area contributed by atoms with Gasteiger partial charge in [0.25, 0.3) is 5.91 Å². The van der Waals surface area contributed by atoms with E-state index in [2.05, 4.69) is 10.3 Å². The molecule has 24 heavy (non-hydrogen) atoms. The van der Waals surface area contributed by atoms with Crippen LogP contribution in [0.3, 0.4) is 0 Å². The molecule has 1 aliphatic rings. The standard InChI is InChI=1S/C18H18N2O4/c1-11-13(18(22)23)6-7-15(20-11)17(21)19-10-12-8-9-24-16-5-3-2-4-14(12)16/h2-7,12H,8-10H2,1H3,(H,19,21)(H,22,23). The summed E-state index contributed by atoms with van der Waals surface area (Å²) in [7, 11) is 0. The number of nitrogens with one attached hydrogen (secondary N) is 1. The van der Waals surface area contributed by atoms with Crippen LogP contribution in [0.25, 0.3) is 0 Å². The lowest BCUT2D eigenvalue weighted by Gasteiger charge is -2.25. The van der Waals surface area contributed by atoms with Crippen molar-refractivity contribution in [3.63, 3.8) is 0 Å². The molecular formula is C18H18N2O4. The van der Waals surface area contributed by atoms with Gasteiger partial charge in [0.05, 0.1) is 17.9 Å². The van der Waals surface area contributed by atoms with Gasteiger partial charge in [0.1, 0.15) is 11.4 Å².